The Balaban J connectivity index is 2.35. The Hall–Kier alpha value is -2.03. The first-order valence-electron chi connectivity index (χ1n) is 7.96. The van der Waals surface area contributed by atoms with Crippen LogP contribution in [-0.4, -0.2) is 22.9 Å². The van der Waals surface area contributed by atoms with E-state index >= 15 is 0 Å². The second kappa shape index (κ2) is 6.82. The molecular formula is C19H25NO2. The van der Waals surface area contributed by atoms with E-state index in [9.17, 15) is 4.79 Å². The number of fused-ring (bicyclic) bond motifs is 1. The molecule has 0 atom stereocenters. The van der Waals surface area contributed by atoms with Gasteiger partial charge in [-0.2, -0.15) is 0 Å². The maximum absolute atomic E-state index is 12.5. The highest BCUT2D eigenvalue weighted by Gasteiger charge is 2.18. The van der Waals surface area contributed by atoms with E-state index in [1.54, 1.807) is 6.08 Å². The highest BCUT2D eigenvalue weighted by Crippen LogP contribution is 2.27. The van der Waals surface area contributed by atoms with E-state index in [0.717, 1.165) is 28.7 Å². The zero-order chi connectivity index (χ0) is 16.3. The first-order chi connectivity index (χ1) is 10.5. The van der Waals surface area contributed by atoms with Gasteiger partial charge in [-0.25, -0.2) is 0 Å². The van der Waals surface area contributed by atoms with Crippen LogP contribution in [0.15, 0.2) is 34.8 Å². The van der Waals surface area contributed by atoms with Gasteiger partial charge in [0.25, 0.3) is 0 Å². The zero-order valence-electron chi connectivity index (χ0n) is 14.1. The average Bonchev–Trinajstić information content (AvgIpc) is 2.82. The summed E-state index contributed by atoms with van der Waals surface area (Å²) >= 11 is 0. The Morgan fingerprint density at radius 2 is 1.82 bits per heavy atom. The van der Waals surface area contributed by atoms with E-state index in [0.29, 0.717) is 0 Å². The van der Waals surface area contributed by atoms with Gasteiger partial charge < -0.3 is 9.32 Å². The van der Waals surface area contributed by atoms with E-state index < -0.39 is 0 Å². The molecule has 1 aromatic heterocycles. The molecule has 1 aromatic carbocycles. The second-order valence-electron chi connectivity index (χ2n) is 6.05. The molecule has 0 N–H and O–H groups in total. The molecule has 22 heavy (non-hydrogen) atoms. The Morgan fingerprint density at radius 1 is 1.18 bits per heavy atom. The molecule has 1 heterocycles. The van der Waals surface area contributed by atoms with Crippen molar-refractivity contribution < 1.29 is 9.21 Å². The second-order valence-corrected chi connectivity index (χ2v) is 6.05. The summed E-state index contributed by atoms with van der Waals surface area (Å²) in [6.07, 6.45) is 4.36. The van der Waals surface area contributed by atoms with Gasteiger partial charge >= 0.3 is 0 Å². The van der Waals surface area contributed by atoms with Crippen molar-refractivity contribution in [1.29, 1.82) is 0 Å². The van der Waals surface area contributed by atoms with Crippen molar-refractivity contribution in [3.63, 3.8) is 0 Å². The first kappa shape index (κ1) is 16.3. The summed E-state index contributed by atoms with van der Waals surface area (Å²) in [5.41, 5.74) is 1.88. The maximum Gasteiger partial charge on any atom is 0.247 e. The number of carbonyl (C=O) groups is 1. The maximum atomic E-state index is 12.5. The Kier molecular flexibility index (Phi) is 5.07. The number of para-hydroxylation sites is 1. The molecule has 2 rings (SSSR count). The molecule has 118 valence electrons. The fraction of sp³-hybridized carbons (Fsp3) is 0.421. The Bertz CT molecular complexity index is 672. The summed E-state index contributed by atoms with van der Waals surface area (Å²) in [5, 5.41) is 1.06. The van der Waals surface area contributed by atoms with Crippen LogP contribution in [0.1, 0.15) is 45.9 Å². The van der Waals surface area contributed by atoms with Gasteiger partial charge in [-0.1, -0.05) is 25.1 Å². The quantitative estimate of drug-likeness (QED) is 0.753. The van der Waals surface area contributed by atoms with Crippen LogP contribution in [0.2, 0.25) is 0 Å². The molecule has 0 unspecified atom stereocenters. The van der Waals surface area contributed by atoms with Gasteiger partial charge in [-0.15, -0.1) is 0 Å². The minimum absolute atomic E-state index is 0.0392. The third-order valence-corrected chi connectivity index (χ3v) is 3.79. The first-order valence-corrected chi connectivity index (χ1v) is 7.96. The van der Waals surface area contributed by atoms with Crippen molar-refractivity contribution in [3.8, 4) is 0 Å². The van der Waals surface area contributed by atoms with E-state index in [-0.39, 0.29) is 18.0 Å². The molecule has 0 spiro atoms. The number of furan rings is 1. The van der Waals surface area contributed by atoms with Crippen LogP contribution in [0.5, 0.6) is 0 Å². The van der Waals surface area contributed by atoms with Crippen LogP contribution >= 0.6 is 0 Å². The largest absolute Gasteiger partial charge is 0.460 e. The van der Waals surface area contributed by atoms with Crippen molar-refractivity contribution >= 4 is 23.0 Å². The minimum atomic E-state index is 0.0392. The zero-order valence-corrected chi connectivity index (χ0v) is 14.1. The van der Waals surface area contributed by atoms with Crippen LogP contribution in [0.3, 0.4) is 0 Å². The minimum Gasteiger partial charge on any atom is -0.460 e. The number of carbonyl (C=O) groups excluding carboxylic acids is 1. The molecule has 2 aromatic rings. The predicted octanol–water partition coefficient (Wildman–Crippen LogP) is 4.65. The highest BCUT2D eigenvalue weighted by atomic mass is 16.3. The van der Waals surface area contributed by atoms with Crippen LogP contribution in [0.25, 0.3) is 17.0 Å². The number of benzene rings is 1. The van der Waals surface area contributed by atoms with Gasteiger partial charge in [-0.05, 0) is 39.8 Å². The van der Waals surface area contributed by atoms with Crippen LogP contribution in [0.4, 0.5) is 0 Å². The molecule has 0 fully saturated rings. The number of rotatable bonds is 5. The van der Waals surface area contributed by atoms with Gasteiger partial charge in [0.1, 0.15) is 11.3 Å². The average molecular weight is 299 g/mol. The van der Waals surface area contributed by atoms with E-state index in [1.165, 1.54) is 0 Å². The molecule has 0 aliphatic heterocycles. The Morgan fingerprint density at radius 3 is 2.41 bits per heavy atom. The molecule has 3 nitrogen and oxygen atoms in total. The standard InChI is InChI=1S/C19H25NO2/c1-6-17-16(15-9-7-8-10-18(15)22-17)11-12-19(21)20(13(2)3)14(4)5/h7-14H,6H2,1-5H3. The number of hydrogen-bond donors (Lipinski definition) is 0. The molecule has 0 bridgehead atoms. The van der Waals surface area contributed by atoms with Crippen LogP contribution < -0.4 is 0 Å². The SMILES string of the molecule is CCc1oc2ccccc2c1C=CC(=O)N(C(C)C)C(C)C. The number of nitrogens with zero attached hydrogens (tertiary/aromatic N) is 1. The number of amides is 1. The number of aryl methyl sites for hydroxylation is 1. The lowest BCUT2D eigenvalue weighted by Crippen LogP contribution is -2.41. The molecule has 0 aliphatic carbocycles. The van der Waals surface area contributed by atoms with Crippen LogP contribution in [-0.2, 0) is 11.2 Å². The monoisotopic (exact) mass is 299 g/mol. The van der Waals surface area contributed by atoms with Crippen molar-refractivity contribution in [3.05, 3.63) is 41.7 Å². The van der Waals surface area contributed by atoms with Crippen LogP contribution in [0, 0.1) is 0 Å². The van der Waals surface area contributed by atoms with Gasteiger partial charge in [-0.3, -0.25) is 4.79 Å². The van der Waals surface area contributed by atoms with E-state index in [1.807, 2.05) is 62.9 Å². The third kappa shape index (κ3) is 3.24. The lowest BCUT2D eigenvalue weighted by molar-refractivity contribution is -0.129. The summed E-state index contributed by atoms with van der Waals surface area (Å²) in [6.45, 7) is 10.2. The normalized spacial score (nSPS) is 12.0. The van der Waals surface area contributed by atoms with Gasteiger partial charge in [0.05, 0.1) is 0 Å². The fourth-order valence-electron chi connectivity index (χ4n) is 2.91. The van der Waals surface area contributed by atoms with Crippen molar-refractivity contribution in [1.82, 2.24) is 4.90 Å². The van der Waals surface area contributed by atoms with Crippen molar-refractivity contribution in [2.75, 3.05) is 0 Å². The summed E-state index contributed by atoms with van der Waals surface area (Å²) in [5.74, 6) is 0.961. The molecule has 0 saturated heterocycles. The topological polar surface area (TPSA) is 33.5 Å². The molecule has 1 amide bonds. The van der Waals surface area contributed by atoms with Gasteiger partial charge in [0, 0.05) is 35.5 Å². The molecular weight excluding hydrogens is 274 g/mol. The van der Waals surface area contributed by atoms with E-state index in [2.05, 4.69) is 6.92 Å². The predicted molar refractivity (Wildman–Crippen MR) is 91.7 cm³/mol. The van der Waals surface area contributed by atoms with E-state index in [4.69, 9.17) is 4.42 Å². The smallest absolute Gasteiger partial charge is 0.247 e. The van der Waals surface area contributed by atoms with Gasteiger partial charge in [0.2, 0.25) is 5.91 Å². The summed E-state index contributed by atoms with van der Waals surface area (Å²) < 4.78 is 5.86. The Labute approximate surface area is 132 Å². The molecule has 3 heteroatoms. The molecule has 0 saturated carbocycles. The fourth-order valence-corrected chi connectivity index (χ4v) is 2.91. The highest BCUT2D eigenvalue weighted by molar-refractivity contribution is 5.96. The molecule has 0 aliphatic rings. The van der Waals surface area contributed by atoms with Crippen molar-refractivity contribution in [2.24, 2.45) is 0 Å². The summed E-state index contributed by atoms with van der Waals surface area (Å²) in [4.78, 5) is 14.3. The lowest BCUT2D eigenvalue weighted by atomic mass is 10.1. The molecule has 0 radical (unpaired) electrons. The summed E-state index contributed by atoms with van der Waals surface area (Å²) in [7, 11) is 0. The van der Waals surface area contributed by atoms with Gasteiger partial charge in [0.15, 0.2) is 0 Å². The lowest BCUT2D eigenvalue weighted by Gasteiger charge is -2.29. The van der Waals surface area contributed by atoms with Crippen molar-refractivity contribution in [2.45, 2.75) is 53.1 Å². The third-order valence-electron chi connectivity index (χ3n) is 3.79. The summed E-state index contributed by atoms with van der Waals surface area (Å²) in [6, 6.07) is 8.31. The number of hydrogen-bond acceptors (Lipinski definition) is 2.